The van der Waals surface area contributed by atoms with Gasteiger partial charge in [0.25, 0.3) is 0 Å². The molecule has 1 aliphatic heterocycles. The highest BCUT2D eigenvalue weighted by molar-refractivity contribution is 5.76. The van der Waals surface area contributed by atoms with Gasteiger partial charge in [-0.1, -0.05) is 18.6 Å². The van der Waals surface area contributed by atoms with Crippen molar-refractivity contribution in [2.24, 2.45) is 0 Å². The summed E-state index contributed by atoms with van der Waals surface area (Å²) >= 11 is 0. The van der Waals surface area contributed by atoms with Crippen molar-refractivity contribution in [3.05, 3.63) is 52.0 Å². The SMILES string of the molecule is O=C(Cn1nc2n(c1=O)CCCCC2)N(Cc1ccc(F)cc1)C1CC1. The predicted octanol–water partition coefficient (Wildman–Crippen LogP) is 2.10. The molecular formula is C19H23FN4O2. The number of nitrogens with zero attached hydrogens (tertiary/aromatic N) is 4. The molecule has 0 atom stereocenters. The lowest BCUT2D eigenvalue weighted by molar-refractivity contribution is -0.133. The average molecular weight is 358 g/mol. The van der Waals surface area contributed by atoms with E-state index < -0.39 is 0 Å². The third-order valence-electron chi connectivity index (χ3n) is 5.14. The van der Waals surface area contributed by atoms with Gasteiger partial charge >= 0.3 is 5.69 Å². The van der Waals surface area contributed by atoms with Crippen LogP contribution in [0.15, 0.2) is 29.1 Å². The first kappa shape index (κ1) is 17.0. The summed E-state index contributed by atoms with van der Waals surface area (Å²) in [7, 11) is 0. The van der Waals surface area contributed by atoms with Gasteiger partial charge in [0.2, 0.25) is 5.91 Å². The molecule has 1 aromatic carbocycles. The second kappa shape index (κ2) is 7.05. The van der Waals surface area contributed by atoms with Gasteiger partial charge in [0, 0.05) is 25.6 Å². The second-order valence-electron chi connectivity index (χ2n) is 7.20. The van der Waals surface area contributed by atoms with E-state index in [2.05, 4.69) is 5.10 Å². The Labute approximate surface area is 151 Å². The minimum absolute atomic E-state index is 0.0312. The van der Waals surface area contributed by atoms with Gasteiger partial charge in [-0.2, -0.15) is 5.10 Å². The van der Waals surface area contributed by atoms with E-state index in [4.69, 9.17) is 0 Å². The molecule has 0 saturated heterocycles. The number of amides is 1. The molecule has 6 nitrogen and oxygen atoms in total. The number of halogens is 1. The normalized spacial score (nSPS) is 16.8. The Kier molecular flexibility index (Phi) is 4.61. The molecule has 1 aromatic heterocycles. The quantitative estimate of drug-likeness (QED) is 0.822. The van der Waals surface area contributed by atoms with Crippen molar-refractivity contribution in [1.82, 2.24) is 19.2 Å². The number of aryl methyl sites for hydroxylation is 1. The van der Waals surface area contributed by atoms with Gasteiger partial charge in [-0.25, -0.2) is 13.9 Å². The second-order valence-corrected chi connectivity index (χ2v) is 7.20. The van der Waals surface area contributed by atoms with E-state index >= 15 is 0 Å². The lowest BCUT2D eigenvalue weighted by Gasteiger charge is -2.22. The molecular weight excluding hydrogens is 335 g/mol. The number of hydrogen-bond donors (Lipinski definition) is 0. The van der Waals surface area contributed by atoms with Crippen LogP contribution in [-0.4, -0.2) is 31.2 Å². The number of hydrogen-bond acceptors (Lipinski definition) is 3. The number of fused-ring (bicyclic) bond motifs is 1. The fourth-order valence-corrected chi connectivity index (χ4v) is 3.54. The summed E-state index contributed by atoms with van der Waals surface area (Å²) in [4.78, 5) is 27.2. The zero-order valence-electron chi connectivity index (χ0n) is 14.7. The molecule has 4 rings (SSSR count). The van der Waals surface area contributed by atoms with Gasteiger partial charge in [0.15, 0.2) is 0 Å². The standard InChI is InChI=1S/C19H23FN4O2/c20-15-7-5-14(6-8-15)12-23(16-9-10-16)18(25)13-24-19(26)22-11-3-1-2-4-17(22)21-24/h5-8,16H,1-4,9-13H2. The molecule has 2 aliphatic rings. The summed E-state index contributed by atoms with van der Waals surface area (Å²) < 4.78 is 16.1. The Balaban J connectivity index is 1.50. The molecule has 26 heavy (non-hydrogen) atoms. The highest BCUT2D eigenvalue weighted by Gasteiger charge is 2.33. The van der Waals surface area contributed by atoms with Gasteiger partial charge in [-0.15, -0.1) is 0 Å². The maximum Gasteiger partial charge on any atom is 0.346 e. The van der Waals surface area contributed by atoms with E-state index in [9.17, 15) is 14.0 Å². The lowest BCUT2D eigenvalue weighted by Crippen LogP contribution is -2.38. The summed E-state index contributed by atoms with van der Waals surface area (Å²) in [6.45, 7) is 1.09. The molecule has 138 valence electrons. The minimum Gasteiger partial charge on any atom is -0.334 e. The van der Waals surface area contributed by atoms with Crippen LogP contribution in [0.2, 0.25) is 0 Å². The molecule has 0 bridgehead atoms. The maximum atomic E-state index is 13.1. The van der Waals surface area contributed by atoms with Crippen LogP contribution in [-0.2, 0) is 30.8 Å². The van der Waals surface area contributed by atoms with E-state index in [0.717, 1.165) is 49.9 Å². The lowest BCUT2D eigenvalue weighted by atomic mass is 10.2. The zero-order chi connectivity index (χ0) is 18.1. The molecule has 2 aromatic rings. The van der Waals surface area contributed by atoms with Crippen LogP contribution in [0.25, 0.3) is 0 Å². The molecule has 0 N–H and O–H groups in total. The number of carbonyl (C=O) groups is 1. The van der Waals surface area contributed by atoms with E-state index in [0.29, 0.717) is 13.1 Å². The largest absolute Gasteiger partial charge is 0.346 e. The molecule has 0 spiro atoms. The van der Waals surface area contributed by atoms with Gasteiger partial charge in [0.1, 0.15) is 18.2 Å². The number of aromatic nitrogens is 3. The van der Waals surface area contributed by atoms with Crippen LogP contribution in [0.5, 0.6) is 0 Å². The Hall–Kier alpha value is -2.44. The van der Waals surface area contributed by atoms with Crippen molar-refractivity contribution in [2.75, 3.05) is 0 Å². The third kappa shape index (κ3) is 3.57. The Bertz CT molecular complexity index is 851. The van der Waals surface area contributed by atoms with Crippen molar-refractivity contribution in [3.63, 3.8) is 0 Å². The Morgan fingerprint density at radius 1 is 1.19 bits per heavy atom. The van der Waals surface area contributed by atoms with E-state index in [1.165, 1.54) is 16.8 Å². The number of carbonyl (C=O) groups excluding carboxylic acids is 1. The smallest absolute Gasteiger partial charge is 0.334 e. The van der Waals surface area contributed by atoms with Crippen LogP contribution >= 0.6 is 0 Å². The van der Waals surface area contributed by atoms with Crippen LogP contribution in [0.1, 0.15) is 43.5 Å². The van der Waals surface area contributed by atoms with Gasteiger partial charge in [-0.3, -0.25) is 9.36 Å². The highest BCUT2D eigenvalue weighted by atomic mass is 19.1. The first-order chi connectivity index (χ1) is 12.6. The van der Waals surface area contributed by atoms with Gasteiger partial charge in [0.05, 0.1) is 0 Å². The number of rotatable bonds is 5. The third-order valence-corrected chi connectivity index (χ3v) is 5.14. The highest BCUT2D eigenvalue weighted by Crippen LogP contribution is 2.28. The Morgan fingerprint density at radius 2 is 1.96 bits per heavy atom. The van der Waals surface area contributed by atoms with Crippen LogP contribution in [0, 0.1) is 5.82 Å². The molecule has 1 saturated carbocycles. The monoisotopic (exact) mass is 358 g/mol. The first-order valence-electron chi connectivity index (χ1n) is 9.32. The maximum absolute atomic E-state index is 13.1. The van der Waals surface area contributed by atoms with E-state index in [1.54, 1.807) is 21.6 Å². The molecule has 2 heterocycles. The van der Waals surface area contributed by atoms with Gasteiger partial charge in [-0.05, 0) is 43.4 Å². The predicted molar refractivity (Wildman–Crippen MR) is 94.0 cm³/mol. The van der Waals surface area contributed by atoms with Crippen LogP contribution in [0.4, 0.5) is 4.39 Å². The molecule has 7 heteroatoms. The van der Waals surface area contributed by atoms with Crippen LogP contribution < -0.4 is 5.69 Å². The zero-order valence-corrected chi connectivity index (χ0v) is 14.7. The van der Waals surface area contributed by atoms with Crippen LogP contribution in [0.3, 0.4) is 0 Å². The molecule has 0 radical (unpaired) electrons. The van der Waals surface area contributed by atoms with Gasteiger partial charge < -0.3 is 4.90 Å². The summed E-state index contributed by atoms with van der Waals surface area (Å²) in [6, 6.07) is 6.42. The fourth-order valence-electron chi connectivity index (χ4n) is 3.54. The number of benzene rings is 1. The van der Waals surface area contributed by atoms with Crippen molar-refractivity contribution >= 4 is 5.91 Å². The molecule has 1 fully saturated rings. The van der Waals surface area contributed by atoms with E-state index in [-0.39, 0.29) is 30.0 Å². The molecule has 0 unspecified atom stereocenters. The van der Waals surface area contributed by atoms with E-state index in [1.807, 2.05) is 0 Å². The minimum atomic E-state index is -0.288. The van der Waals surface area contributed by atoms with Crippen molar-refractivity contribution in [1.29, 1.82) is 0 Å². The topological polar surface area (TPSA) is 60.1 Å². The summed E-state index contributed by atoms with van der Waals surface area (Å²) in [6.07, 6.45) is 5.85. The van der Waals surface area contributed by atoms with Crippen molar-refractivity contribution < 1.29 is 9.18 Å². The average Bonchev–Trinajstić information content (AvgIpc) is 3.44. The van der Waals surface area contributed by atoms with Crippen molar-refractivity contribution in [3.8, 4) is 0 Å². The summed E-state index contributed by atoms with van der Waals surface area (Å²) in [5.74, 6) is 0.396. The van der Waals surface area contributed by atoms with Crippen molar-refractivity contribution in [2.45, 2.75) is 64.2 Å². The summed E-state index contributed by atoms with van der Waals surface area (Å²) in [5.41, 5.74) is 0.701. The molecule has 1 aliphatic carbocycles. The summed E-state index contributed by atoms with van der Waals surface area (Å²) in [5, 5.41) is 4.40. The first-order valence-corrected chi connectivity index (χ1v) is 9.32. The Morgan fingerprint density at radius 3 is 2.69 bits per heavy atom. The molecule has 1 amide bonds. The fraction of sp³-hybridized carbons (Fsp3) is 0.526.